The number of carbonyl (C=O) groups is 1. The van der Waals surface area contributed by atoms with E-state index in [4.69, 9.17) is 14.2 Å². The quantitative estimate of drug-likeness (QED) is 0.376. The van der Waals surface area contributed by atoms with E-state index >= 15 is 0 Å². The van der Waals surface area contributed by atoms with Crippen LogP contribution in [-0.2, 0) is 19.4 Å². The summed E-state index contributed by atoms with van der Waals surface area (Å²) in [5.41, 5.74) is 0.381. The Kier molecular flexibility index (Phi) is 9.92. The van der Waals surface area contributed by atoms with E-state index in [0.717, 1.165) is 25.1 Å². The van der Waals surface area contributed by atoms with Gasteiger partial charge in [0, 0.05) is 32.4 Å². The van der Waals surface area contributed by atoms with Gasteiger partial charge >= 0.3 is 0 Å². The lowest BCUT2D eigenvalue weighted by atomic mass is 10.3. The number of rotatable bonds is 10. The van der Waals surface area contributed by atoms with Crippen molar-refractivity contribution in [2.24, 2.45) is 0 Å². The molecule has 1 saturated heterocycles. The molecule has 1 aliphatic rings. The highest BCUT2D eigenvalue weighted by atomic mass is 35.5. The summed E-state index contributed by atoms with van der Waals surface area (Å²) in [4.78, 5) is 21.8. The topological polar surface area (TPSA) is 98.3 Å². The van der Waals surface area contributed by atoms with Crippen molar-refractivity contribution in [2.45, 2.75) is 11.8 Å². The lowest BCUT2D eigenvalue weighted by molar-refractivity contribution is -0.120. The second kappa shape index (κ2) is 12.7. The molecular weight excluding hydrogens is 526 g/mol. The molecule has 2 aromatic carbocycles. The smallest absolute Gasteiger partial charge is 0.266 e. The lowest BCUT2D eigenvalue weighted by Crippen LogP contribution is -2.44. The Labute approximate surface area is 221 Å². The van der Waals surface area contributed by atoms with Crippen LogP contribution in [0, 0.1) is 0 Å². The van der Waals surface area contributed by atoms with E-state index in [0.29, 0.717) is 54.0 Å². The van der Waals surface area contributed by atoms with Crippen LogP contribution in [-0.4, -0.2) is 83.1 Å². The number of thiazole rings is 1. The zero-order chi connectivity index (χ0) is 24.8. The van der Waals surface area contributed by atoms with E-state index in [9.17, 15) is 13.2 Å². The first kappa shape index (κ1) is 28.1. The van der Waals surface area contributed by atoms with Gasteiger partial charge in [-0.3, -0.25) is 14.6 Å². The number of morpholine rings is 1. The molecule has 36 heavy (non-hydrogen) atoms. The number of ether oxygens (including phenoxy) is 3. The average Bonchev–Trinajstić information content (AvgIpc) is 3.28. The Hall–Kier alpha value is -2.44. The fourth-order valence-electron chi connectivity index (χ4n) is 3.74. The molecule has 3 aromatic rings. The van der Waals surface area contributed by atoms with Gasteiger partial charge in [0.25, 0.3) is 5.91 Å². The van der Waals surface area contributed by atoms with E-state index in [1.165, 1.54) is 17.4 Å². The standard InChI is InChI=1S/C24H29N3O6S2.ClH/c1-3-32-18-7-9-19(10-8-18)33-17-22(28)27(12-11-26-13-15-31-16-14-26)24-25-23-20(34-24)5-4-6-21(23)35(2,29)30;/h4-10H,3,11-17H2,1-2H3;1H. The minimum Gasteiger partial charge on any atom is -0.494 e. The van der Waals surface area contributed by atoms with Crippen LogP contribution in [0.1, 0.15) is 6.92 Å². The largest absolute Gasteiger partial charge is 0.494 e. The van der Waals surface area contributed by atoms with Gasteiger partial charge in [-0.05, 0) is 43.3 Å². The molecule has 1 aromatic heterocycles. The second-order valence-electron chi connectivity index (χ2n) is 8.06. The van der Waals surface area contributed by atoms with Gasteiger partial charge < -0.3 is 14.2 Å². The molecule has 0 unspecified atom stereocenters. The summed E-state index contributed by atoms with van der Waals surface area (Å²) in [6.07, 6.45) is 1.16. The van der Waals surface area contributed by atoms with Gasteiger partial charge in [-0.25, -0.2) is 13.4 Å². The van der Waals surface area contributed by atoms with Gasteiger partial charge in [-0.2, -0.15) is 0 Å². The summed E-state index contributed by atoms with van der Waals surface area (Å²) in [6.45, 7) is 6.26. The van der Waals surface area contributed by atoms with Gasteiger partial charge in [0.15, 0.2) is 21.6 Å². The first-order chi connectivity index (χ1) is 16.8. The van der Waals surface area contributed by atoms with E-state index < -0.39 is 9.84 Å². The van der Waals surface area contributed by atoms with Crippen molar-refractivity contribution in [3.8, 4) is 11.5 Å². The molecule has 0 saturated carbocycles. The van der Waals surface area contributed by atoms with E-state index in [1.807, 2.05) is 13.0 Å². The molecule has 0 N–H and O–H groups in total. The predicted octanol–water partition coefficient (Wildman–Crippen LogP) is 3.26. The molecule has 196 valence electrons. The number of hydrogen-bond acceptors (Lipinski definition) is 9. The second-order valence-corrected chi connectivity index (χ2v) is 11.1. The predicted molar refractivity (Wildman–Crippen MR) is 143 cm³/mol. The van der Waals surface area contributed by atoms with Gasteiger partial charge in [-0.15, -0.1) is 12.4 Å². The number of fused-ring (bicyclic) bond motifs is 1. The van der Waals surface area contributed by atoms with Gasteiger partial charge in [0.05, 0.1) is 29.4 Å². The third-order valence-electron chi connectivity index (χ3n) is 5.54. The minimum absolute atomic E-state index is 0. The molecule has 0 aliphatic carbocycles. The van der Waals surface area contributed by atoms with Crippen LogP contribution in [0.4, 0.5) is 5.13 Å². The van der Waals surface area contributed by atoms with Crippen molar-refractivity contribution in [3.05, 3.63) is 42.5 Å². The number of benzene rings is 2. The van der Waals surface area contributed by atoms with Crippen molar-refractivity contribution in [3.63, 3.8) is 0 Å². The number of para-hydroxylation sites is 1. The van der Waals surface area contributed by atoms with Crippen LogP contribution in [0.15, 0.2) is 47.4 Å². The molecule has 1 amide bonds. The van der Waals surface area contributed by atoms with E-state index in [-0.39, 0.29) is 29.8 Å². The zero-order valence-corrected chi connectivity index (χ0v) is 22.7. The summed E-state index contributed by atoms with van der Waals surface area (Å²) in [7, 11) is -3.46. The molecule has 1 fully saturated rings. The maximum absolute atomic E-state index is 13.3. The Morgan fingerprint density at radius 2 is 1.78 bits per heavy atom. The lowest BCUT2D eigenvalue weighted by Gasteiger charge is -2.29. The molecule has 0 atom stereocenters. The summed E-state index contributed by atoms with van der Waals surface area (Å²) >= 11 is 1.29. The fraction of sp³-hybridized carbons (Fsp3) is 0.417. The summed E-state index contributed by atoms with van der Waals surface area (Å²) < 4.78 is 41.8. The van der Waals surface area contributed by atoms with E-state index in [2.05, 4.69) is 9.88 Å². The Balaban J connectivity index is 0.00000361. The molecule has 0 radical (unpaired) electrons. The van der Waals surface area contributed by atoms with Gasteiger partial charge in [-0.1, -0.05) is 17.4 Å². The molecular formula is C24H30ClN3O6S2. The number of nitrogens with zero attached hydrogens (tertiary/aromatic N) is 3. The number of halogens is 1. The summed E-state index contributed by atoms with van der Waals surface area (Å²) in [5, 5.41) is 0.449. The molecule has 0 spiro atoms. The van der Waals surface area contributed by atoms with Crippen LogP contribution in [0.2, 0.25) is 0 Å². The molecule has 9 nitrogen and oxygen atoms in total. The maximum Gasteiger partial charge on any atom is 0.266 e. The third kappa shape index (κ3) is 7.07. The van der Waals surface area contributed by atoms with Crippen LogP contribution < -0.4 is 14.4 Å². The van der Waals surface area contributed by atoms with Crippen LogP contribution in [0.3, 0.4) is 0 Å². The molecule has 0 bridgehead atoms. The van der Waals surface area contributed by atoms with Crippen LogP contribution in [0.25, 0.3) is 10.2 Å². The highest BCUT2D eigenvalue weighted by Crippen LogP contribution is 2.33. The van der Waals surface area contributed by atoms with Crippen molar-refractivity contribution in [2.75, 3.05) is 63.8 Å². The number of amides is 1. The van der Waals surface area contributed by atoms with E-state index in [1.54, 1.807) is 35.2 Å². The molecule has 1 aliphatic heterocycles. The van der Waals surface area contributed by atoms with Gasteiger partial charge in [0.2, 0.25) is 0 Å². The minimum atomic E-state index is -3.46. The Bertz CT molecular complexity index is 1260. The van der Waals surface area contributed by atoms with Crippen molar-refractivity contribution in [1.82, 2.24) is 9.88 Å². The SMILES string of the molecule is CCOc1ccc(OCC(=O)N(CCN2CCOCC2)c2nc3c(S(C)(=O)=O)cccc3s2)cc1.Cl. The first-order valence-electron chi connectivity index (χ1n) is 11.4. The molecule has 4 rings (SSSR count). The Morgan fingerprint density at radius 1 is 1.11 bits per heavy atom. The highest BCUT2D eigenvalue weighted by Gasteiger charge is 2.24. The third-order valence-corrected chi connectivity index (χ3v) is 7.71. The first-order valence-corrected chi connectivity index (χ1v) is 14.1. The molecule has 12 heteroatoms. The average molecular weight is 556 g/mol. The monoisotopic (exact) mass is 555 g/mol. The summed E-state index contributed by atoms with van der Waals surface area (Å²) in [6, 6.07) is 12.1. The normalized spacial score (nSPS) is 14.3. The maximum atomic E-state index is 13.3. The highest BCUT2D eigenvalue weighted by molar-refractivity contribution is 7.91. The van der Waals surface area contributed by atoms with Crippen molar-refractivity contribution < 1.29 is 27.4 Å². The molecule has 2 heterocycles. The van der Waals surface area contributed by atoms with Gasteiger partial charge in [0.1, 0.15) is 17.0 Å². The van der Waals surface area contributed by atoms with Crippen molar-refractivity contribution in [1.29, 1.82) is 0 Å². The fourth-order valence-corrected chi connectivity index (χ4v) is 5.67. The van der Waals surface area contributed by atoms with Crippen molar-refractivity contribution >= 4 is 54.8 Å². The van der Waals surface area contributed by atoms with Crippen LogP contribution >= 0.6 is 23.7 Å². The number of hydrogen-bond donors (Lipinski definition) is 0. The zero-order valence-electron chi connectivity index (χ0n) is 20.2. The number of aromatic nitrogens is 1. The Morgan fingerprint density at radius 3 is 2.42 bits per heavy atom. The number of anilines is 1. The number of sulfone groups is 1. The summed E-state index contributed by atoms with van der Waals surface area (Å²) in [5.74, 6) is 1.03. The van der Waals surface area contributed by atoms with Crippen LogP contribution in [0.5, 0.6) is 11.5 Å². The number of carbonyl (C=O) groups excluding carboxylic acids is 1.